The van der Waals surface area contributed by atoms with Crippen LogP contribution < -0.4 is 4.74 Å². The molecule has 0 amide bonds. The molecule has 0 atom stereocenters. The van der Waals surface area contributed by atoms with Crippen LogP contribution in [0.3, 0.4) is 0 Å². The van der Waals surface area contributed by atoms with Gasteiger partial charge in [-0.3, -0.25) is 4.68 Å². The highest BCUT2D eigenvalue weighted by atomic mass is 79.9. The molecule has 0 saturated carbocycles. The van der Waals surface area contributed by atoms with Crippen LogP contribution in [-0.2, 0) is 29.0 Å². The first kappa shape index (κ1) is 19.1. The number of methoxy groups -OCH3 is 1. The molecule has 0 aliphatic carbocycles. The number of carbonyl (C=O) groups excluding carboxylic acids is 2. The molecule has 1 heterocycles. The minimum Gasteiger partial charge on any atom is -0.496 e. The number of halogens is 1. The van der Waals surface area contributed by atoms with Crippen LogP contribution in [0, 0.1) is 0 Å². The van der Waals surface area contributed by atoms with E-state index in [4.69, 9.17) is 19.4 Å². The van der Waals surface area contributed by atoms with Crippen molar-refractivity contribution in [3.8, 4) is 17.0 Å². The van der Waals surface area contributed by atoms with Crippen molar-refractivity contribution >= 4 is 22.1 Å². The van der Waals surface area contributed by atoms with E-state index in [1.807, 2.05) is 6.07 Å². The first-order chi connectivity index (χ1) is 11.1. The van der Waals surface area contributed by atoms with Gasteiger partial charge in [-0.25, -0.2) is 0 Å². The summed E-state index contributed by atoms with van der Waals surface area (Å²) in [6, 6.07) is 6.16. The molecular weight excluding hydrogens is 360 g/mol. The van der Waals surface area contributed by atoms with E-state index >= 15 is 0 Å². The van der Waals surface area contributed by atoms with Crippen molar-refractivity contribution in [1.82, 2.24) is 9.78 Å². The fourth-order valence-corrected chi connectivity index (χ4v) is 2.94. The Kier molecular flexibility index (Phi) is 7.72. The van der Waals surface area contributed by atoms with Gasteiger partial charge in [0.1, 0.15) is 5.75 Å². The van der Waals surface area contributed by atoms with Gasteiger partial charge in [-0.1, -0.05) is 29.8 Å². The normalized spacial score (nSPS) is 9.78. The molecule has 124 valence electrons. The van der Waals surface area contributed by atoms with Crippen molar-refractivity contribution in [1.29, 1.82) is 0 Å². The highest BCUT2D eigenvalue weighted by Gasteiger charge is 2.19. The SMILES string of the molecule is CCc1nn(CC)c(-c2ccc(Br)cc2OC)c1CC.O=C=O. The van der Waals surface area contributed by atoms with E-state index in [1.165, 1.54) is 17.0 Å². The Bertz CT molecular complexity index is 689. The lowest BCUT2D eigenvalue weighted by molar-refractivity contribution is -0.191. The lowest BCUT2D eigenvalue weighted by Gasteiger charge is -2.12. The summed E-state index contributed by atoms with van der Waals surface area (Å²) < 4.78 is 8.66. The molecule has 5 nitrogen and oxygen atoms in total. The molecule has 0 bridgehead atoms. The Labute approximate surface area is 144 Å². The number of aryl methyl sites for hydroxylation is 2. The zero-order valence-corrected chi connectivity index (χ0v) is 15.4. The number of hydrogen-bond donors (Lipinski definition) is 0. The Hall–Kier alpha value is -1.91. The Balaban J connectivity index is 0.000000816. The van der Waals surface area contributed by atoms with Gasteiger partial charge in [0.15, 0.2) is 0 Å². The smallest absolute Gasteiger partial charge is 0.373 e. The number of benzene rings is 1. The van der Waals surface area contributed by atoms with Crippen molar-refractivity contribution in [2.45, 2.75) is 40.2 Å². The first-order valence-electron chi connectivity index (χ1n) is 7.49. The van der Waals surface area contributed by atoms with E-state index in [9.17, 15) is 0 Å². The van der Waals surface area contributed by atoms with Crippen LogP contribution in [0.4, 0.5) is 0 Å². The molecule has 0 radical (unpaired) electrons. The van der Waals surface area contributed by atoms with Gasteiger partial charge < -0.3 is 4.74 Å². The molecule has 6 heteroatoms. The monoisotopic (exact) mass is 380 g/mol. The summed E-state index contributed by atoms with van der Waals surface area (Å²) in [7, 11) is 1.71. The summed E-state index contributed by atoms with van der Waals surface area (Å²) in [6.45, 7) is 7.33. The lowest BCUT2D eigenvalue weighted by atomic mass is 10.0. The molecule has 0 N–H and O–H groups in total. The van der Waals surface area contributed by atoms with E-state index in [0.29, 0.717) is 0 Å². The van der Waals surface area contributed by atoms with Gasteiger partial charge in [0.25, 0.3) is 0 Å². The summed E-state index contributed by atoms with van der Waals surface area (Å²) in [5.74, 6) is 0.881. The Morgan fingerprint density at radius 2 is 1.87 bits per heavy atom. The summed E-state index contributed by atoms with van der Waals surface area (Å²) in [4.78, 5) is 16.2. The highest BCUT2D eigenvalue weighted by molar-refractivity contribution is 9.10. The second-order valence-corrected chi connectivity index (χ2v) is 5.64. The van der Waals surface area contributed by atoms with E-state index in [0.717, 1.165) is 35.2 Å². The Morgan fingerprint density at radius 1 is 1.22 bits per heavy atom. The number of aromatic nitrogens is 2. The molecular formula is C17H21BrN2O3. The fourth-order valence-electron chi connectivity index (χ4n) is 2.60. The van der Waals surface area contributed by atoms with Crippen molar-refractivity contribution in [3.63, 3.8) is 0 Å². The highest BCUT2D eigenvalue weighted by Crippen LogP contribution is 2.36. The third-order valence-electron chi connectivity index (χ3n) is 3.54. The second kappa shape index (κ2) is 9.28. The standard InChI is InChI=1S/C16H21BrN2O.CO2/c1-5-12-14(6-2)18-19(7-3)16(12)13-9-8-11(17)10-15(13)20-4;2-1-3/h8-10H,5-7H2,1-4H3;. The quantitative estimate of drug-likeness (QED) is 0.789. The van der Waals surface area contributed by atoms with E-state index in [-0.39, 0.29) is 6.15 Å². The van der Waals surface area contributed by atoms with Gasteiger partial charge in [0.05, 0.1) is 18.5 Å². The van der Waals surface area contributed by atoms with Crippen LogP contribution in [0.15, 0.2) is 22.7 Å². The second-order valence-electron chi connectivity index (χ2n) is 4.72. The van der Waals surface area contributed by atoms with Crippen molar-refractivity contribution < 1.29 is 14.3 Å². The summed E-state index contributed by atoms with van der Waals surface area (Å²) in [5.41, 5.74) is 4.82. The first-order valence-corrected chi connectivity index (χ1v) is 8.28. The van der Waals surface area contributed by atoms with Crippen LogP contribution in [0.2, 0.25) is 0 Å². The maximum Gasteiger partial charge on any atom is 0.373 e. The molecule has 1 aromatic carbocycles. The molecule has 23 heavy (non-hydrogen) atoms. The summed E-state index contributed by atoms with van der Waals surface area (Å²) >= 11 is 3.50. The zero-order valence-electron chi connectivity index (χ0n) is 13.9. The molecule has 0 fully saturated rings. The van der Waals surface area contributed by atoms with Gasteiger partial charge in [0.2, 0.25) is 0 Å². The zero-order chi connectivity index (χ0) is 17.4. The minimum atomic E-state index is 0.250. The molecule has 0 aliphatic heterocycles. The number of nitrogens with zero attached hydrogens (tertiary/aromatic N) is 2. The van der Waals surface area contributed by atoms with Gasteiger partial charge in [-0.15, -0.1) is 0 Å². The Morgan fingerprint density at radius 3 is 2.35 bits per heavy atom. The van der Waals surface area contributed by atoms with Gasteiger partial charge >= 0.3 is 6.15 Å². The average molecular weight is 381 g/mol. The largest absolute Gasteiger partial charge is 0.496 e. The van der Waals surface area contributed by atoms with Gasteiger partial charge in [-0.2, -0.15) is 14.7 Å². The van der Waals surface area contributed by atoms with Gasteiger partial charge in [0, 0.05) is 22.1 Å². The van der Waals surface area contributed by atoms with Crippen LogP contribution in [0.5, 0.6) is 5.75 Å². The fraction of sp³-hybridized carbons (Fsp3) is 0.412. The number of ether oxygens (including phenoxy) is 1. The third kappa shape index (κ3) is 4.30. The van der Waals surface area contributed by atoms with Crippen molar-refractivity contribution in [2.75, 3.05) is 7.11 Å². The number of hydrogen-bond acceptors (Lipinski definition) is 4. The molecule has 0 unspecified atom stereocenters. The van der Waals surface area contributed by atoms with Crippen molar-refractivity contribution in [3.05, 3.63) is 33.9 Å². The molecule has 2 aromatic rings. The van der Waals surface area contributed by atoms with Crippen LogP contribution in [0.25, 0.3) is 11.3 Å². The van der Waals surface area contributed by atoms with E-state index in [1.54, 1.807) is 7.11 Å². The van der Waals surface area contributed by atoms with Crippen molar-refractivity contribution in [2.24, 2.45) is 0 Å². The number of rotatable bonds is 5. The minimum absolute atomic E-state index is 0.250. The third-order valence-corrected chi connectivity index (χ3v) is 4.03. The summed E-state index contributed by atoms with van der Waals surface area (Å²) in [5, 5.41) is 4.74. The van der Waals surface area contributed by atoms with E-state index in [2.05, 4.69) is 53.5 Å². The topological polar surface area (TPSA) is 61.2 Å². The van der Waals surface area contributed by atoms with Crippen LogP contribution >= 0.6 is 15.9 Å². The van der Waals surface area contributed by atoms with Crippen LogP contribution in [0.1, 0.15) is 32.0 Å². The average Bonchev–Trinajstić information content (AvgIpc) is 2.92. The predicted molar refractivity (Wildman–Crippen MR) is 91.4 cm³/mol. The van der Waals surface area contributed by atoms with E-state index < -0.39 is 0 Å². The predicted octanol–water partition coefficient (Wildman–Crippen LogP) is 3.88. The van der Waals surface area contributed by atoms with Crippen LogP contribution in [-0.4, -0.2) is 23.0 Å². The molecule has 0 aliphatic rings. The molecule has 0 saturated heterocycles. The molecule has 2 rings (SSSR count). The maximum absolute atomic E-state index is 8.12. The lowest BCUT2D eigenvalue weighted by Crippen LogP contribution is -2.01. The molecule has 1 aromatic heterocycles. The summed E-state index contributed by atoms with van der Waals surface area (Å²) in [6.07, 6.45) is 2.19. The van der Waals surface area contributed by atoms with Gasteiger partial charge in [-0.05, 0) is 38.0 Å². The maximum atomic E-state index is 8.12. The molecule has 0 spiro atoms.